The maximum Gasteiger partial charge on any atom is 0.337 e. The molecule has 1 unspecified atom stereocenters. The average molecular weight is 235 g/mol. The van der Waals surface area contributed by atoms with Gasteiger partial charge in [-0.2, -0.15) is 0 Å². The van der Waals surface area contributed by atoms with E-state index in [4.69, 9.17) is 4.74 Å². The van der Waals surface area contributed by atoms with Crippen LogP contribution in [0.15, 0.2) is 18.2 Å². The number of anilines is 1. The van der Waals surface area contributed by atoms with Crippen LogP contribution in [-0.4, -0.2) is 37.4 Å². The molecule has 2 rings (SSSR count). The fraction of sp³-hybridized carbons (Fsp3) is 0.462. The van der Waals surface area contributed by atoms with Crippen LogP contribution in [0.3, 0.4) is 0 Å². The molecule has 1 aliphatic heterocycles. The number of rotatable bonds is 2. The molecule has 0 bridgehead atoms. The van der Waals surface area contributed by atoms with Crippen molar-refractivity contribution in [3.63, 3.8) is 0 Å². The topological polar surface area (TPSA) is 49.8 Å². The average Bonchev–Trinajstić information content (AvgIpc) is 2.75. The lowest BCUT2D eigenvalue weighted by Crippen LogP contribution is -2.22. The highest BCUT2D eigenvalue weighted by Crippen LogP contribution is 2.25. The third kappa shape index (κ3) is 2.42. The van der Waals surface area contributed by atoms with E-state index in [0.29, 0.717) is 12.1 Å². The van der Waals surface area contributed by atoms with Crippen LogP contribution < -0.4 is 4.90 Å². The number of hydrogen-bond donors (Lipinski definition) is 1. The fourth-order valence-electron chi connectivity index (χ4n) is 2.16. The van der Waals surface area contributed by atoms with Gasteiger partial charge in [-0.15, -0.1) is 0 Å². The predicted molar refractivity (Wildman–Crippen MR) is 65.4 cm³/mol. The van der Waals surface area contributed by atoms with Crippen LogP contribution in [0.2, 0.25) is 0 Å². The van der Waals surface area contributed by atoms with Gasteiger partial charge >= 0.3 is 5.97 Å². The molecule has 0 saturated carbocycles. The van der Waals surface area contributed by atoms with Gasteiger partial charge in [0.25, 0.3) is 0 Å². The molecule has 1 fully saturated rings. The Hall–Kier alpha value is -1.55. The number of esters is 1. The third-order valence-corrected chi connectivity index (χ3v) is 3.13. The number of methoxy groups -OCH3 is 1. The first-order valence-electron chi connectivity index (χ1n) is 5.74. The number of carbonyl (C=O) groups excluding carboxylic acids is 1. The van der Waals surface area contributed by atoms with Crippen LogP contribution in [0.1, 0.15) is 22.3 Å². The van der Waals surface area contributed by atoms with Crippen LogP contribution in [0.4, 0.5) is 5.69 Å². The summed E-state index contributed by atoms with van der Waals surface area (Å²) in [5, 5.41) is 9.54. The van der Waals surface area contributed by atoms with Gasteiger partial charge in [-0.05, 0) is 31.0 Å². The van der Waals surface area contributed by atoms with E-state index >= 15 is 0 Å². The summed E-state index contributed by atoms with van der Waals surface area (Å²) in [7, 11) is 1.38. The number of ether oxygens (including phenoxy) is 1. The van der Waals surface area contributed by atoms with Gasteiger partial charge in [0.1, 0.15) is 0 Å². The Balaban J connectivity index is 2.29. The van der Waals surface area contributed by atoms with E-state index in [1.165, 1.54) is 7.11 Å². The number of nitrogens with zero attached hydrogens (tertiary/aromatic N) is 1. The smallest absolute Gasteiger partial charge is 0.337 e. The van der Waals surface area contributed by atoms with Crippen molar-refractivity contribution >= 4 is 11.7 Å². The highest BCUT2D eigenvalue weighted by atomic mass is 16.5. The van der Waals surface area contributed by atoms with Gasteiger partial charge in [-0.25, -0.2) is 4.79 Å². The van der Waals surface area contributed by atoms with Crippen LogP contribution in [0.25, 0.3) is 0 Å². The largest absolute Gasteiger partial charge is 0.465 e. The van der Waals surface area contributed by atoms with E-state index in [0.717, 1.165) is 24.2 Å². The fourth-order valence-corrected chi connectivity index (χ4v) is 2.16. The molecule has 0 aliphatic carbocycles. The zero-order chi connectivity index (χ0) is 12.4. The van der Waals surface area contributed by atoms with Crippen LogP contribution in [0, 0.1) is 6.92 Å². The van der Waals surface area contributed by atoms with Crippen molar-refractivity contribution in [2.24, 2.45) is 0 Å². The second-order valence-corrected chi connectivity index (χ2v) is 4.38. The van der Waals surface area contributed by atoms with Gasteiger partial charge in [-0.3, -0.25) is 0 Å². The van der Waals surface area contributed by atoms with Crippen molar-refractivity contribution in [3.8, 4) is 0 Å². The Kier molecular flexibility index (Phi) is 3.33. The molecular weight excluding hydrogens is 218 g/mol. The normalized spacial score (nSPS) is 19.5. The minimum absolute atomic E-state index is 0.267. The Morgan fingerprint density at radius 3 is 2.88 bits per heavy atom. The molecule has 1 saturated heterocycles. The molecule has 0 aromatic heterocycles. The zero-order valence-corrected chi connectivity index (χ0v) is 10.1. The molecular formula is C13H17NO3. The summed E-state index contributed by atoms with van der Waals surface area (Å²) < 4.78 is 4.71. The molecule has 4 heteroatoms. The molecule has 1 aliphatic rings. The molecule has 0 amide bonds. The number of carbonyl (C=O) groups is 1. The summed E-state index contributed by atoms with van der Waals surface area (Å²) in [5.41, 5.74) is 2.66. The van der Waals surface area contributed by atoms with Crippen molar-refractivity contribution in [3.05, 3.63) is 29.3 Å². The molecule has 1 atom stereocenters. The van der Waals surface area contributed by atoms with Crippen molar-refractivity contribution in [2.45, 2.75) is 19.4 Å². The lowest BCUT2D eigenvalue weighted by atomic mass is 10.1. The van der Waals surface area contributed by atoms with Crippen molar-refractivity contribution < 1.29 is 14.6 Å². The second-order valence-electron chi connectivity index (χ2n) is 4.38. The van der Waals surface area contributed by atoms with Gasteiger partial charge in [0, 0.05) is 18.8 Å². The molecule has 1 aromatic carbocycles. The van der Waals surface area contributed by atoms with Crippen LogP contribution in [0.5, 0.6) is 0 Å². The van der Waals surface area contributed by atoms with Crippen molar-refractivity contribution in [2.75, 3.05) is 25.1 Å². The highest BCUT2D eigenvalue weighted by molar-refractivity contribution is 5.90. The second kappa shape index (κ2) is 4.75. The first-order valence-corrected chi connectivity index (χ1v) is 5.74. The maximum atomic E-state index is 11.5. The lowest BCUT2D eigenvalue weighted by Gasteiger charge is -2.20. The Bertz CT molecular complexity index is 431. The third-order valence-electron chi connectivity index (χ3n) is 3.13. The number of benzene rings is 1. The molecule has 0 radical (unpaired) electrons. The minimum atomic E-state index is -0.328. The maximum absolute atomic E-state index is 11.5. The highest BCUT2D eigenvalue weighted by Gasteiger charge is 2.22. The minimum Gasteiger partial charge on any atom is -0.465 e. The van der Waals surface area contributed by atoms with Gasteiger partial charge in [0.05, 0.1) is 18.8 Å². The zero-order valence-electron chi connectivity index (χ0n) is 10.1. The van der Waals surface area contributed by atoms with E-state index in [1.54, 1.807) is 6.07 Å². The van der Waals surface area contributed by atoms with E-state index in [9.17, 15) is 9.90 Å². The molecule has 1 aromatic rings. The quantitative estimate of drug-likeness (QED) is 0.786. The van der Waals surface area contributed by atoms with Crippen LogP contribution in [-0.2, 0) is 4.74 Å². The molecule has 1 N–H and O–H groups in total. The van der Waals surface area contributed by atoms with E-state index in [-0.39, 0.29) is 12.1 Å². The number of aryl methyl sites for hydroxylation is 1. The van der Waals surface area contributed by atoms with Crippen molar-refractivity contribution in [1.82, 2.24) is 0 Å². The van der Waals surface area contributed by atoms with E-state index in [1.807, 2.05) is 19.1 Å². The summed E-state index contributed by atoms with van der Waals surface area (Å²) in [5.74, 6) is -0.328. The van der Waals surface area contributed by atoms with Gasteiger partial charge in [0.2, 0.25) is 0 Å². The summed E-state index contributed by atoms with van der Waals surface area (Å²) in [6, 6.07) is 5.50. The number of aliphatic hydroxyl groups is 1. The summed E-state index contributed by atoms with van der Waals surface area (Å²) in [6.45, 7) is 3.46. The van der Waals surface area contributed by atoms with E-state index in [2.05, 4.69) is 4.90 Å². The SMILES string of the molecule is COC(=O)c1ccc(C)c(N2CCC(O)C2)c1. The number of β-amino-alcohol motifs (C(OH)–C–C–N with tert-alkyl or cyclic N) is 1. The molecule has 0 spiro atoms. The predicted octanol–water partition coefficient (Wildman–Crippen LogP) is 1.35. The van der Waals surface area contributed by atoms with Gasteiger partial charge < -0.3 is 14.7 Å². The first-order chi connectivity index (χ1) is 8.11. The molecule has 92 valence electrons. The summed E-state index contributed by atoms with van der Waals surface area (Å²) in [4.78, 5) is 13.6. The lowest BCUT2D eigenvalue weighted by molar-refractivity contribution is 0.0601. The van der Waals surface area contributed by atoms with Gasteiger partial charge in [-0.1, -0.05) is 6.07 Å². The van der Waals surface area contributed by atoms with E-state index < -0.39 is 0 Å². The molecule has 17 heavy (non-hydrogen) atoms. The Labute approximate surface area is 101 Å². The molecule has 1 heterocycles. The number of aliphatic hydroxyl groups excluding tert-OH is 1. The van der Waals surface area contributed by atoms with Crippen LogP contribution >= 0.6 is 0 Å². The monoisotopic (exact) mass is 235 g/mol. The van der Waals surface area contributed by atoms with Crippen molar-refractivity contribution in [1.29, 1.82) is 0 Å². The molecule has 4 nitrogen and oxygen atoms in total. The standard InChI is InChI=1S/C13H17NO3/c1-9-3-4-10(13(16)17-2)7-12(9)14-6-5-11(15)8-14/h3-4,7,11,15H,5-6,8H2,1-2H3. The summed E-state index contributed by atoms with van der Waals surface area (Å²) in [6.07, 6.45) is 0.512. The Morgan fingerprint density at radius 2 is 2.29 bits per heavy atom. The summed E-state index contributed by atoms with van der Waals surface area (Å²) >= 11 is 0. The number of hydrogen-bond acceptors (Lipinski definition) is 4. The van der Waals surface area contributed by atoms with Gasteiger partial charge in [0.15, 0.2) is 0 Å². The first kappa shape index (κ1) is 11.9. The Morgan fingerprint density at radius 1 is 1.53 bits per heavy atom.